The Kier molecular flexibility index (Phi) is 3.28. The average Bonchev–Trinajstić information content (AvgIpc) is 3.08. The van der Waals surface area contributed by atoms with Crippen LogP contribution in [0.1, 0.15) is 41.1 Å². The lowest BCUT2D eigenvalue weighted by atomic mass is 9.71. The third-order valence-electron chi connectivity index (χ3n) is 5.69. The molecule has 0 spiro atoms. The number of fused-ring (bicyclic) bond motifs is 4. The molecule has 2 aliphatic rings. The summed E-state index contributed by atoms with van der Waals surface area (Å²) >= 11 is 0. The van der Waals surface area contributed by atoms with Crippen molar-refractivity contribution >= 4 is 22.4 Å². The highest BCUT2D eigenvalue weighted by Crippen LogP contribution is 2.46. The Morgan fingerprint density at radius 1 is 1.04 bits per heavy atom. The van der Waals surface area contributed by atoms with Crippen molar-refractivity contribution in [3.05, 3.63) is 64.9 Å². The van der Waals surface area contributed by atoms with Crippen molar-refractivity contribution in [2.24, 2.45) is 0 Å². The molecule has 0 amide bonds. The quantitative estimate of drug-likeness (QED) is 0.663. The highest BCUT2D eigenvalue weighted by atomic mass is 16.5. The predicted molar refractivity (Wildman–Crippen MR) is 101 cm³/mol. The number of nitrogens with zero attached hydrogens (tertiary/aromatic N) is 1. The molecule has 1 aliphatic carbocycles. The summed E-state index contributed by atoms with van der Waals surface area (Å²) < 4.78 is 11.6. The van der Waals surface area contributed by atoms with E-state index in [-0.39, 0.29) is 11.2 Å². The predicted octanol–water partition coefficient (Wildman–Crippen LogP) is 4.14. The Labute approximate surface area is 152 Å². The third-order valence-corrected chi connectivity index (χ3v) is 5.69. The minimum atomic E-state index is -0.361. The number of para-hydroxylation sites is 1. The second kappa shape index (κ2) is 5.45. The molecule has 1 aliphatic heterocycles. The normalized spacial score (nSPS) is 18.7. The molecule has 26 heavy (non-hydrogen) atoms. The molecule has 0 bridgehead atoms. The van der Waals surface area contributed by atoms with Crippen LogP contribution < -0.4 is 4.90 Å². The SMILES string of the molecule is CC1(C)c2cc(N3CCOCC3)ccc2C(=O)c2c1oc1ccccc21. The third kappa shape index (κ3) is 2.08. The maximum Gasteiger partial charge on any atom is 0.197 e. The summed E-state index contributed by atoms with van der Waals surface area (Å²) in [5, 5.41) is 0.906. The fraction of sp³-hybridized carbons (Fsp3) is 0.318. The van der Waals surface area contributed by atoms with Crippen LogP contribution in [-0.2, 0) is 10.2 Å². The molecule has 1 saturated heterocycles. The second-order valence-electron chi connectivity index (χ2n) is 7.59. The molecule has 0 atom stereocenters. The lowest BCUT2D eigenvalue weighted by molar-refractivity contribution is 0.102. The fourth-order valence-corrected chi connectivity index (χ4v) is 4.23. The van der Waals surface area contributed by atoms with Gasteiger partial charge >= 0.3 is 0 Å². The molecule has 0 N–H and O–H groups in total. The highest BCUT2D eigenvalue weighted by molar-refractivity contribution is 6.19. The van der Waals surface area contributed by atoms with Crippen LogP contribution in [0.4, 0.5) is 5.69 Å². The van der Waals surface area contributed by atoms with Crippen molar-refractivity contribution in [2.45, 2.75) is 19.3 Å². The van der Waals surface area contributed by atoms with Gasteiger partial charge in [0.2, 0.25) is 0 Å². The zero-order chi connectivity index (χ0) is 17.9. The molecule has 5 rings (SSSR count). The number of rotatable bonds is 1. The first kappa shape index (κ1) is 15.6. The van der Waals surface area contributed by atoms with E-state index < -0.39 is 0 Å². The highest BCUT2D eigenvalue weighted by Gasteiger charge is 2.41. The molecule has 132 valence electrons. The molecule has 4 nitrogen and oxygen atoms in total. The molecule has 0 saturated carbocycles. The number of carbonyl (C=O) groups is 1. The van der Waals surface area contributed by atoms with Crippen molar-refractivity contribution in [3.8, 4) is 0 Å². The van der Waals surface area contributed by atoms with Crippen LogP contribution in [0.5, 0.6) is 0 Å². The topological polar surface area (TPSA) is 42.7 Å². The van der Waals surface area contributed by atoms with Gasteiger partial charge in [-0.05, 0) is 43.7 Å². The van der Waals surface area contributed by atoms with Gasteiger partial charge in [-0.25, -0.2) is 0 Å². The molecular weight excluding hydrogens is 326 g/mol. The minimum Gasteiger partial charge on any atom is -0.459 e. The molecule has 3 aromatic rings. The Morgan fingerprint density at radius 3 is 2.62 bits per heavy atom. The van der Waals surface area contributed by atoms with Gasteiger partial charge in [0, 0.05) is 35.1 Å². The van der Waals surface area contributed by atoms with Gasteiger partial charge in [0.25, 0.3) is 0 Å². The Morgan fingerprint density at radius 2 is 1.81 bits per heavy atom. The van der Waals surface area contributed by atoms with E-state index in [0.717, 1.165) is 65.4 Å². The maximum absolute atomic E-state index is 13.3. The van der Waals surface area contributed by atoms with Gasteiger partial charge < -0.3 is 14.1 Å². The lowest BCUT2D eigenvalue weighted by Gasteiger charge is -2.34. The average molecular weight is 347 g/mol. The number of anilines is 1. The van der Waals surface area contributed by atoms with Crippen molar-refractivity contribution in [2.75, 3.05) is 31.2 Å². The first-order valence-corrected chi connectivity index (χ1v) is 9.11. The zero-order valence-corrected chi connectivity index (χ0v) is 15.0. The van der Waals surface area contributed by atoms with Crippen LogP contribution in [0.3, 0.4) is 0 Å². The summed E-state index contributed by atoms with van der Waals surface area (Å²) in [5.41, 5.74) is 4.11. The Bertz CT molecular complexity index is 1030. The summed E-state index contributed by atoms with van der Waals surface area (Å²) in [6, 6.07) is 14.0. The van der Waals surface area contributed by atoms with E-state index in [1.807, 2.05) is 30.3 Å². The van der Waals surface area contributed by atoms with Crippen LogP contribution in [0.15, 0.2) is 46.9 Å². The minimum absolute atomic E-state index is 0.0628. The van der Waals surface area contributed by atoms with Gasteiger partial charge in [0.15, 0.2) is 5.78 Å². The van der Waals surface area contributed by atoms with Crippen LogP contribution >= 0.6 is 0 Å². The van der Waals surface area contributed by atoms with Crippen molar-refractivity contribution in [3.63, 3.8) is 0 Å². The smallest absolute Gasteiger partial charge is 0.197 e. The Hall–Kier alpha value is -2.59. The zero-order valence-electron chi connectivity index (χ0n) is 15.0. The van der Waals surface area contributed by atoms with E-state index in [4.69, 9.17) is 9.15 Å². The number of ether oxygens (including phenoxy) is 1. The summed E-state index contributed by atoms with van der Waals surface area (Å²) in [6.45, 7) is 7.53. The summed E-state index contributed by atoms with van der Waals surface area (Å²) in [7, 11) is 0. The molecule has 2 heterocycles. The standard InChI is InChI=1S/C22H21NO3/c1-22(2)17-13-14(23-9-11-25-12-10-23)7-8-15(17)20(24)19-16-5-3-4-6-18(16)26-21(19)22/h3-8,13H,9-12H2,1-2H3. The number of benzene rings is 2. The number of ketones is 1. The van der Waals surface area contributed by atoms with Gasteiger partial charge in [-0.2, -0.15) is 0 Å². The molecule has 2 aromatic carbocycles. The van der Waals surface area contributed by atoms with Crippen LogP contribution in [0.25, 0.3) is 11.0 Å². The summed E-state index contributed by atoms with van der Waals surface area (Å²) in [5.74, 6) is 0.836. The molecule has 1 fully saturated rings. The number of hydrogen-bond donors (Lipinski definition) is 0. The first-order chi connectivity index (χ1) is 12.6. The number of morpholine rings is 1. The number of furan rings is 1. The second-order valence-corrected chi connectivity index (χ2v) is 7.59. The van der Waals surface area contributed by atoms with Gasteiger partial charge in [0.05, 0.1) is 18.8 Å². The first-order valence-electron chi connectivity index (χ1n) is 9.11. The van der Waals surface area contributed by atoms with E-state index in [9.17, 15) is 4.79 Å². The maximum atomic E-state index is 13.3. The molecular formula is C22H21NO3. The lowest BCUT2D eigenvalue weighted by Crippen LogP contribution is -2.37. The van der Waals surface area contributed by atoms with E-state index in [0.29, 0.717) is 0 Å². The molecule has 0 unspecified atom stereocenters. The number of carbonyl (C=O) groups excluding carboxylic acids is 1. The fourth-order valence-electron chi connectivity index (χ4n) is 4.23. The molecule has 1 aromatic heterocycles. The van der Waals surface area contributed by atoms with Crippen LogP contribution in [-0.4, -0.2) is 32.1 Å². The molecule has 0 radical (unpaired) electrons. The van der Waals surface area contributed by atoms with E-state index in [2.05, 4.69) is 30.9 Å². The largest absolute Gasteiger partial charge is 0.459 e. The Balaban J connectivity index is 1.70. The van der Waals surface area contributed by atoms with Crippen molar-refractivity contribution in [1.29, 1.82) is 0 Å². The van der Waals surface area contributed by atoms with Gasteiger partial charge in [-0.3, -0.25) is 4.79 Å². The van der Waals surface area contributed by atoms with E-state index >= 15 is 0 Å². The monoisotopic (exact) mass is 347 g/mol. The van der Waals surface area contributed by atoms with Crippen molar-refractivity contribution < 1.29 is 13.9 Å². The summed E-state index contributed by atoms with van der Waals surface area (Å²) in [6.07, 6.45) is 0. The number of hydrogen-bond acceptors (Lipinski definition) is 4. The van der Waals surface area contributed by atoms with E-state index in [1.54, 1.807) is 0 Å². The van der Waals surface area contributed by atoms with Crippen molar-refractivity contribution in [1.82, 2.24) is 0 Å². The van der Waals surface area contributed by atoms with Gasteiger partial charge in [0.1, 0.15) is 11.3 Å². The molecule has 4 heteroatoms. The van der Waals surface area contributed by atoms with Gasteiger partial charge in [-0.1, -0.05) is 18.2 Å². The van der Waals surface area contributed by atoms with Gasteiger partial charge in [-0.15, -0.1) is 0 Å². The summed E-state index contributed by atoms with van der Waals surface area (Å²) in [4.78, 5) is 15.6. The van der Waals surface area contributed by atoms with Crippen LogP contribution in [0.2, 0.25) is 0 Å². The van der Waals surface area contributed by atoms with E-state index in [1.165, 1.54) is 0 Å². The van der Waals surface area contributed by atoms with Crippen LogP contribution in [0, 0.1) is 0 Å².